The fraction of sp³-hybridized carbons (Fsp3) is 0.429. The smallest absolute Gasteiger partial charge is 0.255 e. The van der Waals surface area contributed by atoms with Crippen molar-refractivity contribution in [2.24, 2.45) is 0 Å². The van der Waals surface area contributed by atoms with Crippen LogP contribution in [0.15, 0.2) is 18.2 Å². The maximum Gasteiger partial charge on any atom is 0.255 e. The average Bonchev–Trinajstić information content (AvgIpc) is 2.86. The minimum absolute atomic E-state index is 0.0132. The van der Waals surface area contributed by atoms with Gasteiger partial charge in [-0.25, -0.2) is 4.39 Å². The van der Waals surface area contributed by atoms with E-state index in [1.165, 1.54) is 12.1 Å². The molecule has 21 heavy (non-hydrogen) atoms. The molecule has 112 valence electrons. The molecule has 2 aliphatic heterocycles. The number of halogens is 2. The highest BCUT2D eigenvalue weighted by molar-refractivity contribution is 6.33. The number of carbonyl (C=O) groups excluding carboxylic acids is 2. The summed E-state index contributed by atoms with van der Waals surface area (Å²) in [5.74, 6) is -0.878. The summed E-state index contributed by atoms with van der Waals surface area (Å²) in [6.07, 6.45) is 0.651. The van der Waals surface area contributed by atoms with Crippen molar-refractivity contribution in [2.75, 3.05) is 26.2 Å². The van der Waals surface area contributed by atoms with Gasteiger partial charge in [-0.1, -0.05) is 11.6 Å². The fourth-order valence-corrected chi connectivity index (χ4v) is 2.94. The molecule has 3 rings (SSSR count). The van der Waals surface area contributed by atoms with Crippen molar-refractivity contribution < 1.29 is 18.7 Å². The third-order valence-corrected chi connectivity index (χ3v) is 4.19. The van der Waals surface area contributed by atoms with Crippen molar-refractivity contribution in [3.63, 3.8) is 0 Å². The van der Waals surface area contributed by atoms with E-state index < -0.39 is 11.4 Å². The molecule has 7 heteroatoms. The molecule has 0 aliphatic carbocycles. The molecule has 2 saturated heterocycles. The van der Waals surface area contributed by atoms with Gasteiger partial charge < -0.3 is 15.0 Å². The molecular formula is C14H14ClFN2O3. The van der Waals surface area contributed by atoms with Crippen molar-refractivity contribution in [3.05, 3.63) is 34.6 Å². The van der Waals surface area contributed by atoms with Gasteiger partial charge in [-0.15, -0.1) is 0 Å². The summed E-state index contributed by atoms with van der Waals surface area (Å²) >= 11 is 5.92. The third-order valence-electron chi connectivity index (χ3n) is 3.88. The quantitative estimate of drug-likeness (QED) is 0.848. The first-order valence-corrected chi connectivity index (χ1v) is 7.02. The maximum absolute atomic E-state index is 13.0. The molecule has 0 bridgehead atoms. The number of nitrogens with one attached hydrogen (secondary N) is 1. The van der Waals surface area contributed by atoms with Crippen LogP contribution in [0.25, 0.3) is 0 Å². The zero-order valence-corrected chi connectivity index (χ0v) is 12.0. The second-order valence-corrected chi connectivity index (χ2v) is 5.76. The molecule has 0 radical (unpaired) electrons. The highest BCUT2D eigenvalue weighted by Crippen LogP contribution is 2.29. The molecule has 2 amide bonds. The molecule has 1 N–H and O–H groups in total. The molecule has 1 aromatic rings. The van der Waals surface area contributed by atoms with Crippen molar-refractivity contribution in [2.45, 2.75) is 12.0 Å². The summed E-state index contributed by atoms with van der Waals surface area (Å²) in [6.45, 7) is 1.31. The number of amides is 2. The predicted octanol–water partition coefficient (Wildman–Crippen LogP) is 1.21. The molecule has 1 unspecified atom stereocenters. The van der Waals surface area contributed by atoms with Gasteiger partial charge >= 0.3 is 0 Å². The molecule has 2 aliphatic rings. The fourth-order valence-electron chi connectivity index (χ4n) is 2.69. The molecule has 1 spiro atoms. The number of ether oxygens (including phenoxy) is 1. The van der Waals surface area contributed by atoms with Crippen LogP contribution >= 0.6 is 11.6 Å². The Kier molecular flexibility index (Phi) is 3.59. The van der Waals surface area contributed by atoms with E-state index in [2.05, 4.69) is 5.32 Å². The van der Waals surface area contributed by atoms with Crippen LogP contribution < -0.4 is 5.32 Å². The van der Waals surface area contributed by atoms with E-state index in [1.54, 1.807) is 4.90 Å². The Labute approximate surface area is 126 Å². The summed E-state index contributed by atoms with van der Waals surface area (Å²) in [5, 5.41) is 2.85. The van der Waals surface area contributed by atoms with Crippen molar-refractivity contribution in [3.8, 4) is 0 Å². The van der Waals surface area contributed by atoms with Gasteiger partial charge in [-0.2, -0.15) is 0 Å². The van der Waals surface area contributed by atoms with Crippen LogP contribution in [0.5, 0.6) is 0 Å². The first-order chi connectivity index (χ1) is 9.99. The van der Waals surface area contributed by atoms with Crippen LogP contribution in [0.4, 0.5) is 4.39 Å². The van der Waals surface area contributed by atoms with Crippen molar-refractivity contribution >= 4 is 23.4 Å². The first kappa shape index (κ1) is 14.3. The van der Waals surface area contributed by atoms with Gasteiger partial charge in [0.1, 0.15) is 18.0 Å². The van der Waals surface area contributed by atoms with Crippen LogP contribution in [-0.4, -0.2) is 48.6 Å². The molecule has 5 nitrogen and oxygen atoms in total. The minimum Gasteiger partial charge on any atom is -0.361 e. The van der Waals surface area contributed by atoms with Gasteiger partial charge in [0.25, 0.3) is 5.91 Å². The van der Waals surface area contributed by atoms with Gasteiger partial charge in [0.2, 0.25) is 5.91 Å². The summed E-state index contributed by atoms with van der Waals surface area (Å²) < 4.78 is 18.6. The highest BCUT2D eigenvalue weighted by Gasteiger charge is 2.44. The monoisotopic (exact) mass is 312 g/mol. The predicted molar refractivity (Wildman–Crippen MR) is 73.6 cm³/mol. The highest BCUT2D eigenvalue weighted by atomic mass is 35.5. The lowest BCUT2D eigenvalue weighted by Gasteiger charge is -2.33. The lowest BCUT2D eigenvalue weighted by atomic mass is 10.0. The third kappa shape index (κ3) is 2.73. The van der Waals surface area contributed by atoms with Gasteiger partial charge in [-0.3, -0.25) is 9.59 Å². The second kappa shape index (κ2) is 5.27. The van der Waals surface area contributed by atoms with Gasteiger partial charge in [0.05, 0.1) is 17.1 Å². The first-order valence-electron chi connectivity index (χ1n) is 6.64. The molecular weight excluding hydrogens is 299 g/mol. The Morgan fingerprint density at radius 3 is 2.95 bits per heavy atom. The summed E-state index contributed by atoms with van der Waals surface area (Å²) in [5.41, 5.74) is -0.245. The maximum atomic E-state index is 13.0. The standard InChI is InChI=1S/C14H14ClFN2O3/c15-11-5-9(16)1-2-10(11)13(20)18-4-3-14(8-18)7-17-12(19)6-21-14/h1-2,5H,3-4,6-8H2,(H,17,19). The van der Waals surface area contributed by atoms with E-state index in [4.69, 9.17) is 16.3 Å². The molecule has 0 aromatic heterocycles. The molecule has 1 aromatic carbocycles. The van der Waals surface area contributed by atoms with E-state index in [-0.39, 0.29) is 29.0 Å². The zero-order valence-electron chi connectivity index (χ0n) is 11.2. The van der Waals surface area contributed by atoms with Gasteiger partial charge in [0.15, 0.2) is 0 Å². The Balaban J connectivity index is 1.74. The van der Waals surface area contributed by atoms with Crippen molar-refractivity contribution in [1.82, 2.24) is 10.2 Å². The van der Waals surface area contributed by atoms with Crippen LogP contribution in [0.2, 0.25) is 5.02 Å². The summed E-state index contributed by atoms with van der Waals surface area (Å²) in [7, 11) is 0. The molecule has 1 atom stereocenters. The van der Waals surface area contributed by atoms with Crippen LogP contribution in [0.1, 0.15) is 16.8 Å². The minimum atomic E-state index is -0.518. The lowest BCUT2D eigenvalue weighted by Crippen LogP contribution is -2.54. The number of nitrogens with zero attached hydrogens (tertiary/aromatic N) is 1. The van der Waals surface area contributed by atoms with E-state index >= 15 is 0 Å². The summed E-state index contributed by atoms with van der Waals surface area (Å²) in [6, 6.07) is 3.72. The van der Waals surface area contributed by atoms with E-state index in [9.17, 15) is 14.0 Å². The number of hydrogen-bond donors (Lipinski definition) is 1. The number of morpholine rings is 1. The molecule has 2 heterocycles. The van der Waals surface area contributed by atoms with Crippen molar-refractivity contribution in [1.29, 1.82) is 0 Å². The topological polar surface area (TPSA) is 58.6 Å². The summed E-state index contributed by atoms with van der Waals surface area (Å²) in [4.78, 5) is 25.2. The molecule has 0 saturated carbocycles. The van der Waals surface area contributed by atoms with Gasteiger partial charge in [-0.05, 0) is 24.6 Å². The lowest BCUT2D eigenvalue weighted by molar-refractivity contribution is -0.141. The number of rotatable bonds is 1. The van der Waals surface area contributed by atoms with Crippen LogP contribution in [0, 0.1) is 5.82 Å². The second-order valence-electron chi connectivity index (χ2n) is 5.35. The normalized spacial score (nSPS) is 25.2. The number of likely N-dealkylation sites (tertiary alicyclic amines) is 1. The van der Waals surface area contributed by atoms with E-state index in [1.807, 2.05) is 0 Å². The molecule has 2 fully saturated rings. The van der Waals surface area contributed by atoms with E-state index in [0.717, 1.165) is 6.07 Å². The SMILES string of the molecule is O=C1COC2(CCN(C(=O)c3ccc(F)cc3Cl)C2)CN1. The van der Waals surface area contributed by atoms with Crippen LogP contribution in [-0.2, 0) is 9.53 Å². The zero-order chi connectivity index (χ0) is 15.0. The van der Waals surface area contributed by atoms with Gasteiger partial charge in [0, 0.05) is 13.1 Å². The van der Waals surface area contributed by atoms with E-state index in [0.29, 0.717) is 26.1 Å². The number of carbonyl (C=O) groups is 2. The Morgan fingerprint density at radius 1 is 1.48 bits per heavy atom. The Bertz CT molecular complexity index is 598. The number of hydrogen-bond acceptors (Lipinski definition) is 3. The van der Waals surface area contributed by atoms with Crippen LogP contribution in [0.3, 0.4) is 0 Å². The Hall–Kier alpha value is -1.66. The average molecular weight is 313 g/mol. The number of benzene rings is 1. The largest absolute Gasteiger partial charge is 0.361 e. The Morgan fingerprint density at radius 2 is 2.29 bits per heavy atom.